The summed E-state index contributed by atoms with van der Waals surface area (Å²) in [5, 5.41) is 15.6. The Bertz CT molecular complexity index is 857. The van der Waals surface area contributed by atoms with E-state index in [2.05, 4.69) is 20.8 Å². The topological polar surface area (TPSA) is 64.9 Å². The van der Waals surface area contributed by atoms with E-state index in [1.54, 1.807) is 28.6 Å². The van der Waals surface area contributed by atoms with Crippen molar-refractivity contribution < 1.29 is 9.13 Å². The summed E-state index contributed by atoms with van der Waals surface area (Å²) >= 11 is 1.64. The van der Waals surface area contributed by atoms with Gasteiger partial charge in [-0.1, -0.05) is 48.2 Å². The number of aryl methyl sites for hydroxylation is 1. The third-order valence-electron chi connectivity index (χ3n) is 3.94. The maximum atomic E-state index is 13.7. The number of nitrogens with zero attached hydrogens (tertiary/aromatic N) is 4. The van der Waals surface area contributed by atoms with Crippen LogP contribution < -0.4 is 10.1 Å². The van der Waals surface area contributed by atoms with Crippen molar-refractivity contribution in [3.8, 4) is 5.75 Å². The van der Waals surface area contributed by atoms with Gasteiger partial charge in [0.25, 0.3) is 0 Å². The van der Waals surface area contributed by atoms with Crippen molar-refractivity contribution in [2.24, 2.45) is 7.05 Å². The molecule has 0 aliphatic carbocycles. The fourth-order valence-corrected chi connectivity index (χ4v) is 3.28. The van der Waals surface area contributed by atoms with Crippen LogP contribution in [-0.2, 0) is 20.2 Å². The fraction of sp³-hybridized carbons (Fsp3) is 0.316. The van der Waals surface area contributed by atoms with Gasteiger partial charge in [0.2, 0.25) is 5.16 Å². The molecule has 1 heterocycles. The highest BCUT2D eigenvalue weighted by Crippen LogP contribution is 2.20. The van der Waals surface area contributed by atoms with Crippen molar-refractivity contribution in [2.75, 3.05) is 12.3 Å². The summed E-state index contributed by atoms with van der Waals surface area (Å²) in [6.45, 7) is 1.79. The maximum absolute atomic E-state index is 13.7. The first-order valence-corrected chi connectivity index (χ1v) is 9.72. The van der Waals surface area contributed by atoms with Gasteiger partial charge in [-0.25, -0.2) is 9.07 Å². The van der Waals surface area contributed by atoms with Crippen LogP contribution in [0.3, 0.4) is 0 Å². The van der Waals surface area contributed by atoms with E-state index in [1.807, 2.05) is 37.4 Å². The van der Waals surface area contributed by atoms with Crippen molar-refractivity contribution in [1.29, 1.82) is 0 Å². The number of rotatable bonds is 10. The molecule has 1 aromatic heterocycles. The molecule has 0 aliphatic rings. The first kappa shape index (κ1) is 19.3. The number of para-hydroxylation sites is 1. The van der Waals surface area contributed by atoms with Gasteiger partial charge in [-0.05, 0) is 35.5 Å². The minimum Gasteiger partial charge on any atom is -0.488 e. The average Bonchev–Trinajstić information content (AvgIpc) is 3.09. The molecular weight excluding hydrogens is 365 g/mol. The second kappa shape index (κ2) is 10.0. The third-order valence-corrected chi connectivity index (χ3v) is 5.04. The van der Waals surface area contributed by atoms with Crippen LogP contribution in [0.25, 0.3) is 0 Å². The molecular formula is C19H22FN5OS. The van der Waals surface area contributed by atoms with Crippen LogP contribution in [0, 0.1) is 5.82 Å². The molecule has 3 rings (SSSR count). The van der Waals surface area contributed by atoms with Crippen LogP contribution in [-0.4, -0.2) is 32.5 Å². The zero-order valence-corrected chi connectivity index (χ0v) is 16.0. The molecule has 0 aliphatic heterocycles. The second-order valence-electron chi connectivity index (χ2n) is 5.95. The van der Waals surface area contributed by atoms with Gasteiger partial charge in [-0.15, -0.1) is 5.10 Å². The van der Waals surface area contributed by atoms with Crippen LogP contribution in [0.15, 0.2) is 53.7 Å². The predicted molar refractivity (Wildman–Crippen MR) is 103 cm³/mol. The van der Waals surface area contributed by atoms with Gasteiger partial charge in [-0.2, -0.15) is 0 Å². The molecule has 0 spiro atoms. The highest BCUT2D eigenvalue weighted by atomic mass is 32.2. The number of benzene rings is 2. The van der Waals surface area contributed by atoms with E-state index in [0.717, 1.165) is 35.2 Å². The molecule has 0 amide bonds. The molecule has 0 saturated carbocycles. The Morgan fingerprint density at radius 1 is 1.11 bits per heavy atom. The van der Waals surface area contributed by atoms with Crippen LogP contribution in [0.1, 0.15) is 17.5 Å². The smallest absolute Gasteiger partial charge is 0.209 e. The van der Waals surface area contributed by atoms with E-state index in [-0.39, 0.29) is 12.4 Å². The number of halogens is 1. The Balaban J connectivity index is 1.42. The van der Waals surface area contributed by atoms with Crippen molar-refractivity contribution in [2.45, 2.75) is 24.7 Å². The summed E-state index contributed by atoms with van der Waals surface area (Å²) < 4.78 is 21.2. The van der Waals surface area contributed by atoms with E-state index in [1.165, 1.54) is 6.07 Å². The molecule has 0 fully saturated rings. The predicted octanol–water partition coefficient (Wildman–Crippen LogP) is 3.20. The van der Waals surface area contributed by atoms with Gasteiger partial charge in [0.15, 0.2) is 0 Å². The Morgan fingerprint density at radius 3 is 2.67 bits per heavy atom. The first-order valence-electron chi connectivity index (χ1n) is 8.74. The Hall–Kier alpha value is -2.45. The van der Waals surface area contributed by atoms with Crippen molar-refractivity contribution in [3.05, 3.63) is 65.5 Å². The largest absolute Gasteiger partial charge is 0.488 e. The van der Waals surface area contributed by atoms with E-state index in [0.29, 0.717) is 12.1 Å². The maximum Gasteiger partial charge on any atom is 0.209 e. The summed E-state index contributed by atoms with van der Waals surface area (Å²) in [5.41, 5.74) is 1.61. The van der Waals surface area contributed by atoms with Crippen LogP contribution in [0.4, 0.5) is 4.39 Å². The summed E-state index contributed by atoms with van der Waals surface area (Å²) in [7, 11) is 1.83. The van der Waals surface area contributed by atoms with Gasteiger partial charge >= 0.3 is 0 Å². The zero-order valence-electron chi connectivity index (χ0n) is 15.1. The number of hydrogen-bond acceptors (Lipinski definition) is 6. The Morgan fingerprint density at radius 2 is 1.89 bits per heavy atom. The summed E-state index contributed by atoms with van der Waals surface area (Å²) in [4.78, 5) is 0. The SMILES string of the molecule is Cn1nnnc1SCCCNCc1ccccc1OCc1ccccc1F. The zero-order chi connectivity index (χ0) is 18.9. The van der Waals surface area contributed by atoms with E-state index in [9.17, 15) is 4.39 Å². The first-order chi connectivity index (χ1) is 13.2. The molecule has 0 bridgehead atoms. The van der Waals surface area contributed by atoms with Crippen LogP contribution in [0.5, 0.6) is 5.75 Å². The van der Waals surface area contributed by atoms with Gasteiger partial charge in [-0.3, -0.25) is 0 Å². The highest BCUT2D eigenvalue weighted by molar-refractivity contribution is 7.99. The molecule has 2 aromatic carbocycles. The quantitative estimate of drug-likeness (QED) is 0.426. The molecule has 0 saturated heterocycles. The van der Waals surface area contributed by atoms with Gasteiger partial charge < -0.3 is 10.1 Å². The number of tetrazole rings is 1. The van der Waals surface area contributed by atoms with E-state index >= 15 is 0 Å². The normalized spacial score (nSPS) is 10.9. The summed E-state index contributed by atoms with van der Waals surface area (Å²) in [5.74, 6) is 1.46. The fourth-order valence-electron chi connectivity index (χ4n) is 2.49. The number of aromatic nitrogens is 4. The highest BCUT2D eigenvalue weighted by Gasteiger charge is 2.06. The summed E-state index contributed by atoms with van der Waals surface area (Å²) in [6, 6.07) is 14.5. The summed E-state index contributed by atoms with van der Waals surface area (Å²) in [6.07, 6.45) is 0.996. The molecule has 0 unspecified atom stereocenters. The second-order valence-corrected chi connectivity index (χ2v) is 7.01. The Labute approximate surface area is 162 Å². The van der Waals surface area contributed by atoms with E-state index in [4.69, 9.17) is 4.74 Å². The molecule has 0 radical (unpaired) electrons. The Kier molecular flexibility index (Phi) is 7.18. The van der Waals surface area contributed by atoms with Gasteiger partial charge in [0, 0.05) is 30.5 Å². The van der Waals surface area contributed by atoms with Gasteiger partial charge in [0.1, 0.15) is 18.2 Å². The minimum absolute atomic E-state index is 0.214. The third kappa shape index (κ3) is 5.77. The lowest BCUT2D eigenvalue weighted by atomic mass is 10.2. The molecule has 0 atom stereocenters. The molecule has 27 heavy (non-hydrogen) atoms. The number of nitrogens with one attached hydrogen (secondary N) is 1. The van der Waals surface area contributed by atoms with Crippen molar-refractivity contribution in [1.82, 2.24) is 25.5 Å². The number of ether oxygens (including phenoxy) is 1. The minimum atomic E-state index is -0.247. The van der Waals surface area contributed by atoms with Crippen LogP contribution >= 0.6 is 11.8 Å². The lowest BCUT2D eigenvalue weighted by Crippen LogP contribution is -2.16. The van der Waals surface area contributed by atoms with Gasteiger partial charge in [0.05, 0.1) is 0 Å². The molecule has 8 heteroatoms. The standard InChI is InChI=1S/C19H22FN5OS/c1-25-19(22-23-24-25)27-12-6-11-21-13-15-7-3-5-10-18(15)26-14-16-8-2-4-9-17(16)20/h2-5,7-10,21H,6,11-14H2,1H3. The van der Waals surface area contributed by atoms with E-state index < -0.39 is 0 Å². The monoisotopic (exact) mass is 387 g/mol. The molecule has 6 nitrogen and oxygen atoms in total. The number of thioether (sulfide) groups is 1. The molecule has 1 N–H and O–H groups in total. The lowest BCUT2D eigenvalue weighted by molar-refractivity contribution is 0.296. The van der Waals surface area contributed by atoms with Crippen LogP contribution in [0.2, 0.25) is 0 Å². The van der Waals surface area contributed by atoms with Crippen molar-refractivity contribution in [3.63, 3.8) is 0 Å². The number of hydrogen-bond donors (Lipinski definition) is 1. The van der Waals surface area contributed by atoms with Crippen molar-refractivity contribution >= 4 is 11.8 Å². The molecule has 3 aromatic rings. The molecule has 142 valence electrons. The average molecular weight is 387 g/mol. The lowest BCUT2D eigenvalue weighted by Gasteiger charge is -2.12.